The van der Waals surface area contributed by atoms with Gasteiger partial charge in [0.15, 0.2) is 0 Å². The van der Waals surface area contributed by atoms with Crippen molar-refractivity contribution < 1.29 is 9.72 Å². The predicted molar refractivity (Wildman–Crippen MR) is 83.0 cm³/mol. The Morgan fingerprint density at radius 1 is 1.50 bits per heavy atom. The number of nitrogens with one attached hydrogen (secondary N) is 1. The Hall–Kier alpha value is -0.980. The molecule has 1 unspecified atom stereocenters. The molecule has 1 rings (SSSR count). The van der Waals surface area contributed by atoms with Crippen LogP contribution in [0.25, 0.3) is 0 Å². The summed E-state index contributed by atoms with van der Waals surface area (Å²) >= 11 is 13.2. The zero-order valence-corrected chi connectivity index (χ0v) is 13.3. The number of carbonyl (C=O) groups excluding carboxylic acids is 1. The summed E-state index contributed by atoms with van der Waals surface area (Å²) in [5.41, 5.74) is -0.251. The zero-order valence-electron chi connectivity index (χ0n) is 11.0. The van der Waals surface area contributed by atoms with Gasteiger partial charge >= 0.3 is 0 Å². The normalized spacial score (nSPS) is 12.0. The van der Waals surface area contributed by atoms with Gasteiger partial charge in [0.1, 0.15) is 5.02 Å². The van der Waals surface area contributed by atoms with E-state index in [1.54, 1.807) is 11.8 Å². The third kappa shape index (κ3) is 4.54. The van der Waals surface area contributed by atoms with Crippen LogP contribution < -0.4 is 5.32 Å². The fraction of sp³-hybridized carbons (Fsp3) is 0.417. The summed E-state index contributed by atoms with van der Waals surface area (Å²) in [7, 11) is 0. The average Bonchev–Trinajstić information content (AvgIpc) is 2.38. The van der Waals surface area contributed by atoms with E-state index in [0.717, 1.165) is 17.6 Å². The lowest BCUT2D eigenvalue weighted by molar-refractivity contribution is -0.384. The Bertz CT molecular complexity index is 526. The highest BCUT2D eigenvalue weighted by atomic mass is 35.5. The highest BCUT2D eigenvalue weighted by Crippen LogP contribution is 2.33. The molecule has 20 heavy (non-hydrogen) atoms. The minimum atomic E-state index is -0.665. The summed E-state index contributed by atoms with van der Waals surface area (Å²) in [6.07, 6.45) is 0. The quantitative estimate of drug-likeness (QED) is 0.633. The molecule has 1 amide bonds. The van der Waals surface area contributed by atoms with Crippen LogP contribution in [-0.4, -0.2) is 28.4 Å². The van der Waals surface area contributed by atoms with E-state index in [-0.39, 0.29) is 27.3 Å². The summed E-state index contributed by atoms with van der Waals surface area (Å²) < 4.78 is 0. The molecule has 8 heteroatoms. The summed E-state index contributed by atoms with van der Waals surface area (Å²) in [5.74, 6) is 1.32. The Labute approximate surface area is 131 Å². The summed E-state index contributed by atoms with van der Waals surface area (Å²) in [4.78, 5) is 22.2. The van der Waals surface area contributed by atoms with Gasteiger partial charge in [-0.2, -0.15) is 11.8 Å². The van der Waals surface area contributed by atoms with Gasteiger partial charge in [-0.1, -0.05) is 30.1 Å². The number of halogens is 2. The fourth-order valence-corrected chi connectivity index (χ4v) is 2.55. The number of nitro benzene ring substituents is 1. The largest absolute Gasteiger partial charge is 0.349 e. The van der Waals surface area contributed by atoms with Gasteiger partial charge in [-0.15, -0.1) is 0 Å². The first-order chi connectivity index (χ1) is 9.36. The molecule has 0 aliphatic carbocycles. The number of nitrogens with zero attached hydrogens (tertiary/aromatic N) is 1. The average molecular weight is 337 g/mol. The van der Waals surface area contributed by atoms with Crippen LogP contribution in [0.2, 0.25) is 10.0 Å². The SMILES string of the molecule is CCSCC(C)NC(=O)c1cc(Cl)c(Cl)c([N+](=O)[O-])c1. The summed E-state index contributed by atoms with van der Waals surface area (Å²) in [5, 5.41) is 13.4. The highest BCUT2D eigenvalue weighted by Gasteiger charge is 2.20. The van der Waals surface area contributed by atoms with E-state index in [4.69, 9.17) is 23.2 Å². The van der Waals surface area contributed by atoms with Crippen LogP contribution in [0.4, 0.5) is 5.69 Å². The van der Waals surface area contributed by atoms with Gasteiger partial charge in [-0.05, 0) is 18.7 Å². The Kier molecular flexibility index (Phi) is 6.58. The molecule has 1 N–H and O–H groups in total. The molecule has 110 valence electrons. The van der Waals surface area contributed by atoms with E-state index < -0.39 is 10.8 Å². The number of benzene rings is 1. The van der Waals surface area contributed by atoms with Gasteiger partial charge in [0, 0.05) is 23.4 Å². The van der Waals surface area contributed by atoms with Crippen molar-refractivity contribution in [2.45, 2.75) is 19.9 Å². The molecule has 0 saturated heterocycles. The molecule has 1 atom stereocenters. The summed E-state index contributed by atoms with van der Waals surface area (Å²) in [6, 6.07) is 2.41. The molecule has 0 heterocycles. The van der Waals surface area contributed by atoms with Crippen molar-refractivity contribution in [3.05, 3.63) is 37.9 Å². The standard InChI is InChI=1S/C12H14Cl2N2O3S/c1-3-20-6-7(2)15-12(17)8-4-9(13)11(14)10(5-8)16(18)19/h4-5,7H,3,6H2,1-2H3,(H,15,17). The van der Waals surface area contributed by atoms with Crippen molar-refractivity contribution in [2.75, 3.05) is 11.5 Å². The number of nitro groups is 1. The lowest BCUT2D eigenvalue weighted by atomic mass is 10.2. The van der Waals surface area contributed by atoms with Crippen molar-refractivity contribution in [1.29, 1.82) is 0 Å². The second-order valence-corrected chi connectivity index (χ2v) is 6.19. The topological polar surface area (TPSA) is 72.2 Å². The molecule has 0 fully saturated rings. The molecule has 5 nitrogen and oxygen atoms in total. The van der Waals surface area contributed by atoms with Crippen LogP contribution in [-0.2, 0) is 0 Å². The Morgan fingerprint density at radius 3 is 2.70 bits per heavy atom. The zero-order chi connectivity index (χ0) is 15.3. The maximum atomic E-state index is 12.0. The van der Waals surface area contributed by atoms with Crippen molar-refractivity contribution in [2.24, 2.45) is 0 Å². The molecule has 0 aliphatic rings. The minimum absolute atomic E-state index is 0.0124. The van der Waals surface area contributed by atoms with E-state index in [0.29, 0.717) is 0 Å². The maximum Gasteiger partial charge on any atom is 0.290 e. The van der Waals surface area contributed by atoms with Gasteiger partial charge in [0.2, 0.25) is 0 Å². The molecule has 0 bridgehead atoms. The lowest BCUT2D eigenvalue weighted by Gasteiger charge is -2.13. The van der Waals surface area contributed by atoms with Gasteiger partial charge < -0.3 is 5.32 Å². The lowest BCUT2D eigenvalue weighted by Crippen LogP contribution is -2.34. The number of carbonyl (C=O) groups is 1. The molecule has 0 spiro atoms. The van der Waals surface area contributed by atoms with Gasteiger partial charge in [-0.25, -0.2) is 0 Å². The number of hydrogen-bond acceptors (Lipinski definition) is 4. The maximum absolute atomic E-state index is 12.0. The van der Waals surface area contributed by atoms with Crippen molar-refractivity contribution in [3.8, 4) is 0 Å². The van der Waals surface area contributed by atoms with Crippen molar-refractivity contribution in [3.63, 3.8) is 0 Å². The van der Waals surface area contributed by atoms with Crippen molar-refractivity contribution in [1.82, 2.24) is 5.32 Å². The third-order valence-corrected chi connectivity index (χ3v) is 4.35. The molecule has 1 aromatic rings. The number of rotatable bonds is 6. The van der Waals surface area contributed by atoms with E-state index >= 15 is 0 Å². The van der Waals surface area contributed by atoms with Crippen LogP contribution in [0, 0.1) is 10.1 Å². The van der Waals surface area contributed by atoms with Crippen LogP contribution >= 0.6 is 35.0 Å². The van der Waals surface area contributed by atoms with E-state index in [1.807, 2.05) is 13.8 Å². The number of thioether (sulfide) groups is 1. The first-order valence-corrected chi connectivity index (χ1v) is 7.79. The minimum Gasteiger partial charge on any atom is -0.349 e. The van der Waals surface area contributed by atoms with Crippen LogP contribution in [0.5, 0.6) is 0 Å². The molecular weight excluding hydrogens is 323 g/mol. The van der Waals surface area contributed by atoms with Gasteiger partial charge in [0.25, 0.3) is 11.6 Å². The molecule has 0 aromatic heterocycles. The van der Waals surface area contributed by atoms with E-state index in [1.165, 1.54) is 6.07 Å². The second-order valence-electron chi connectivity index (χ2n) is 4.08. The summed E-state index contributed by atoms with van der Waals surface area (Å²) in [6.45, 7) is 3.90. The fourth-order valence-electron chi connectivity index (χ4n) is 1.48. The smallest absolute Gasteiger partial charge is 0.290 e. The Morgan fingerprint density at radius 2 is 2.15 bits per heavy atom. The molecule has 0 saturated carbocycles. The predicted octanol–water partition coefficient (Wildman–Crippen LogP) is 3.77. The number of amides is 1. The monoisotopic (exact) mass is 336 g/mol. The first-order valence-electron chi connectivity index (χ1n) is 5.88. The first kappa shape index (κ1) is 17.1. The van der Waals surface area contributed by atoms with E-state index in [2.05, 4.69) is 5.32 Å². The molecule has 1 aromatic carbocycles. The number of hydrogen-bond donors (Lipinski definition) is 1. The third-order valence-electron chi connectivity index (χ3n) is 2.42. The van der Waals surface area contributed by atoms with Crippen LogP contribution in [0.3, 0.4) is 0 Å². The van der Waals surface area contributed by atoms with E-state index in [9.17, 15) is 14.9 Å². The molecule has 0 radical (unpaired) electrons. The molecular formula is C12H14Cl2N2O3S. The molecule has 0 aliphatic heterocycles. The van der Waals surface area contributed by atoms with Gasteiger partial charge in [-0.3, -0.25) is 14.9 Å². The second kappa shape index (κ2) is 7.71. The van der Waals surface area contributed by atoms with Crippen LogP contribution in [0.1, 0.15) is 24.2 Å². The van der Waals surface area contributed by atoms with Gasteiger partial charge in [0.05, 0.1) is 9.95 Å². The highest BCUT2D eigenvalue weighted by molar-refractivity contribution is 7.99. The Balaban J connectivity index is 2.91. The van der Waals surface area contributed by atoms with Crippen molar-refractivity contribution >= 4 is 46.6 Å². The van der Waals surface area contributed by atoms with Crippen LogP contribution in [0.15, 0.2) is 12.1 Å².